The largest absolute Gasteiger partial charge is 0.385 e. The van der Waals surface area contributed by atoms with E-state index in [0.717, 1.165) is 6.42 Å². The van der Waals surface area contributed by atoms with Crippen molar-refractivity contribution in [3.8, 4) is 6.07 Å². The van der Waals surface area contributed by atoms with Gasteiger partial charge in [0, 0.05) is 25.3 Å². The first-order chi connectivity index (χ1) is 9.17. The second kappa shape index (κ2) is 8.35. The minimum atomic E-state index is -0.139. The Balaban J connectivity index is 2.42. The molecule has 102 valence electrons. The summed E-state index contributed by atoms with van der Waals surface area (Å²) in [7, 11) is 1.62. The Morgan fingerprint density at radius 1 is 1.53 bits per heavy atom. The first-order valence-electron chi connectivity index (χ1n) is 5.86. The van der Waals surface area contributed by atoms with Crippen molar-refractivity contribution < 1.29 is 9.53 Å². The zero-order chi connectivity index (χ0) is 14.1. The Labute approximate surface area is 117 Å². The quantitative estimate of drug-likeness (QED) is 0.747. The van der Waals surface area contributed by atoms with Crippen molar-refractivity contribution in [3.63, 3.8) is 0 Å². The fourth-order valence-electron chi connectivity index (χ4n) is 1.44. The second-order valence-electron chi connectivity index (χ2n) is 3.85. The number of carbonyl (C=O) groups is 1. The highest BCUT2D eigenvalue weighted by atomic mass is 35.5. The second-order valence-corrected chi connectivity index (χ2v) is 4.29. The monoisotopic (exact) mass is 281 g/mol. The van der Waals surface area contributed by atoms with Crippen LogP contribution in [0.5, 0.6) is 0 Å². The number of methoxy groups -OCH3 is 1. The maximum Gasteiger partial charge on any atom is 0.239 e. The summed E-state index contributed by atoms with van der Waals surface area (Å²) in [5.41, 5.74) is 1.01. The van der Waals surface area contributed by atoms with Gasteiger partial charge in [0.2, 0.25) is 5.91 Å². The van der Waals surface area contributed by atoms with Crippen LogP contribution in [-0.2, 0) is 9.53 Å². The van der Waals surface area contributed by atoms with Crippen LogP contribution in [0.4, 0.5) is 5.69 Å². The highest BCUT2D eigenvalue weighted by Crippen LogP contribution is 2.19. The van der Waals surface area contributed by atoms with Gasteiger partial charge in [-0.1, -0.05) is 11.6 Å². The van der Waals surface area contributed by atoms with E-state index in [0.29, 0.717) is 29.4 Å². The molecule has 0 unspecified atom stereocenters. The third kappa shape index (κ3) is 5.60. The van der Waals surface area contributed by atoms with Gasteiger partial charge < -0.3 is 15.4 Å². The summed E-state index contributed by atoms with van der Waals surface area (Å²) in [4.78, 5) is 11.5. The van der Waals surface area contributed by atoms with E-state index >= 15 is 0 Å². The Kier molecular flexibility index (Phi) is 6.72. The number of nitrogens with one attached hydrogen (secondary N) is 2. The molecule has 0 fully saturated rings. The lowest BCUT2D eigenvalue weighted by atomic mass is 10.2. The van der Waals surface area contributed by atoms with Crippen LogP contribution in [0.3, 0.4) is 0 Å². The number of nitriles is 1. The summed E-state index contributed by atoms with van der Waals surface area (Å²) in [6, 6.07) is 6.91. The zero-order valence-electron chi connectivity index (χ0n) is 10.7. The normalized spacial score (nSPS) is 9.74. The van der Waals surface area contributed by atoms with Gasteiger partial charge in [-0.05, 0) is 24.6 Å². The molecule has 0 saturated heterocycles. The van der Waals surface area contributed by atoms with E-state index in [1.165, 1.54) is 0 Å². The first kappa shape index (κ1) is 15.3. The van der Waals surface area contributed by atoms with Crippen LogP contribution in [0.25, 0.3) is 0 Å². The maximum atomic E-state index is 11.5. The fraction of sp³-hybridized carbons (Fsp3) is 0.385. The van der Waals surface area contributed by atoms with Crippen LogP contribution >= 0.6 is 11.6 Å². The molecule has 6 heteroatoms. The van der Waals surface area contributed by atoms with Gasteiger partial charge >= 0.3 is 0 Å². The van der Waals surface area contributed by atoms with E-state index < -0.39 is 0 Å². The van der Waals surface area contributed by atoms with Gasteiger partial charge in [0.1, 0.15) is 6.07 Å². The van der Waals surface area contributed by atoms with E-state index in [4.69, 9.17) is 21.6 Å². The lowest BCUT2D eigenvalue weighted by molar-refractivity contribution is -0.119. The predicted molar refractivity (Wildman–Crippen MR) is 74.2 cm³/mol. The molecule has 0 spiro atoms. The lowest BCUT2D eigenvalue weighted by Gasteiger charge is -2.09. The van der Waals surface area contributed by atoms with Crippen molar-refractivity contribution in [3.05, 3.63) is 28.8 Å². The van der Waals surface area contributed by atoms with Gasteiger partial charge in [-0.25, -0.2) is 0 Å². The van der Waals surface area contributed by atoms with E-state index in [2.05, 4.69) is 10.6 Å². The van der Waals surface area contributed by atoms with Gasteiger partial charge in [0.05, 0.1) is 17.8 Å². The molecule has 1 aromatic carbocycles. The summed E-state index contributed by atoms with van der Waals surface area (Å²) in [5.74, 6) is -0.139. The number of hydrogen-bond acceptors (Lipinski definition) is 4. The molecule has 0 aliphatic rings. The third-order valence-corrected chi connectivity index (χ3v) is 2.62. The molecule has 19 heavy (non-hydrogen) atoms. The van der Waals surface area contributed by atoms with E-state index in [1.807, 2.05) is 6.07 Å². The van der Waals surface area contributed by atoms with Crippen molar-refractivity contribution in [1.29, 1.82) is 5.26 Å². The van der Waals surface area contributed by atoms with Crippen LogP contribution in [0.15, 0.2) is 18.2 Å². The highest BCUT2D eigenvalue weighted by Gasteiger charge is 2.05. The van der Waals surface area contributed by atoms with Crippen molar-refractivity contribution >= 4 is 23.2 Å². The number of halogens is 1. The Bertz CT molecular complexity index is 471. The lowest BCUT2D eigenvalue weighted by Crippen LogP contribution is -2.31. The molecule has 0 saturated carbocycles. The summed E-state index contributed by atoms with van der Waals surface area (Å²) in [5, 5.41) is 15.1. The number of rotatable bonds is 7. The molecule has 0 heterocycles. The number of ether oxygens (including phenoxy) is 1. The minimum Gasteiger partial charge on any atom is -0.385 e. The molecule has 1 aromatic rings. The number of anilines is 1. The maximum absolute atomic E-state index is 11.5. The Morgan fingerprint density at radius 3 is 3.00 bits per heavy atom. The topological polar surface area (TPSA) is 74.2 Å². The van der Waals surface area contributed by atoms with Crippen LogP contribution in [-0.4, -0.2) is 32.7 Å². The average Bonchev–Trinajstić information content (AvgIpc) is 2.41. The molecule has 0 radical (unpaired) electrons. The summed E-state index contributed by atoms with van der Waals surface area (Å²) < 4.78 is 4.88. The van der Waals surface area contributed by atoms with Gasteiger partial charge in [0.25, 0.3) is 0 Å². The first-order valence-corrected chi connectivity index (χ1v) is 6.24. The summed E-state index contributed by atoms with van der Waals surface area (Å²) in [6.45, 7) is 1.28. The van der Waals surface area contributed by atoms with Gasteiger partial charge in [0.15, 0.2) is 0 Å². The summed E-state index contributed by atoms with van der Waals surface area (Å²) in [6.07, 6.45) is 0.767. The van der Waals surface area contributed by atoms with Crippen LogP contribution in [0.2, 0.25) is 5.02 Å². The smallest absolute Gasteiger partial charge is 0.239 e. The molecular formula is C13H16ClN3O2. The van der Waals surface area contributed by atoms with Crippen molar-refractivity contribution in [2.45, 2.75) is 6.42 Å². The molecule has 0 aliphatic carbocycles. The van der Waals surface area contributed by atoms with E-state index in [9.17, 15) is 4.79 Å². The van der Waals surface area contributed by atoms with Crippen molar-refractivity contribution in [2.75, 3.05) is 32.1 Å². The summed E-state index contributed by atoms with van der Waals surface area (Å²) >= 11 is 5.84. The Morgan fingerprint density at radius 2 is 2.32 bits per heavy atom. The average molecular weight is 282 g/mol. The van der Waals surface area contributed by atoms with Crippen LogP contribution in [0.1, 0.15) is 12.0 Å². The van der Waals surface area contributed by atoms with Gasteiger partial charge in [-0.3, -0.25) is 4.79 Å². The van der Waals surface area contributed by atoms with Crippen molar-refractivity contribution in [2.24, 2.45) is 0 Å². The molecule has 0 bridgehead atoms. The molecular weight excluding hydrogens is 266 g/mol. The zero-order valence-corrected chi connectivity index (χ0v) is 11.5. The number of nitrogens with zero attached hydrogens (tertiary/aromatic N) is 1. The number of amides is 1. The minimum absolute atomic E-state index is 0.0992. The molecule has 5 nitrogen and oxygen atoms in total. The molecule has 0 aromatic heterocycles. The molecule has 2 N–H and O–H groups in total. The molecule has 1 rings (SSSR count). The van der Waals surface area contributed by atoms with Gasteiger partial charge in [-0.15, -0.1) is 0 Å². The van der Waals surface area contributed by atoms with Crippen LogP contribution in [0, 0.1) is 11.3 Å². The predicted octanol–water partition coefficient (Wildman–Crippen LogP) is 1.78. The standard InChI is InChI=1S/C13H16ClN3O2/c1-19-6-2-5-16-13(18)9-17-12-7-11(14)4-3-10(12)8-15/h3-4,7,17H,2,5-6,9H2,1H3,(H,16,18). The SMILES string of the molecule is COCCCNC(=O)CNc1cc(Cl)ccc1C#N. The highest BCUT2D eigenvalue weighted by molar-refractivity contribution is 6.30. The number of hydrogen-bond donors (Lipinski definition) is 2. The Hall–Kier alpha value is -1.77. The van der Waals surface area contributed by atoms with Gasteiger partial charge in [-0.2, -0.15) is 5.26 Å². The fourth-order valence-corrected chi connectivity index (χ4v) is 1.61. The molecule has 0 atom stereocenters. The van der Waals surface area contributed by atoms with Crippen molar-refractivity contribution in [1.82, 2.24) is 5.32 Å². The van der Waals surface area contributed by atoms with E-state index in [1.54, 1.807) is 25.3 Å². The van der Waals surface area contributed by atoms with Crippen LogP contribution < -0.4 is 10.6 Å². The van der Waals surface area contributed by atoms with E-state index in [-0.39, 0.29) is 12.5 Å². The number of carbonyl (C=O) groups excluding carboxylic acids is 1. The number of benzene rings is 1. The molecule has 1 amide bonds. The third-order valence-electron chi connectivity index (χ3n) is 2.39. The molecule has 0 aliphatic heterocycles.